The van der Waals surface area contributed by atoms with Crippen LogP contribution >= 0.6 is 11.8 Å². The molecule has 0 bridgehead atoms. The molecule has 0 aromatic carbocycles. The van der Waals surface area contributed by atoms with Gasteiger partial charge in [-0.3, -0.25) is 14.4 Å². The van der Waals surface area contributed by atoms with E-state index in [2.05, 4.69) is 20.8 Å². The van der Waals surface area contributed by atoms with E-state index in [1.807, 2.05) is 6.92 Å². The molecule has 3 aliphatic rings. The molecule has 2 N–H and O–H groups in total. The van der Waals surface area contributed by atoms with Gasteiger partial charge in [-0.05, 0) is 22.8 Å². The molecule has 4 heterocycles. The largest absolute Gasteiger partial charge is 0.477 e. The van der Waals surface area contributed by atoms with Gasteiger partial charge < -0.3 is 20.2 Å². The number of alkyl halides is 2. The molecule has 2 saturated heterocycles. The van der Waals surface area contributed by atoms with E-state index in [4.69, 9.17) is 0 Å². The minimum absolute atomic E-state index is 0.0349. The summed E-state index contributed by atoms with van der Waals surface area (Å²) < 4.78 is 26.7. The minimum Gasteiger partial charge on any atom is -0.477 e. The van der Waals surface area contributed by atoms with Crippen LogP contribution in [0.3, 0.4) is 0 Å². The number of carbonyl (C=O) groups excluding carboxylic acids is 3. The van der Waals surface area contributed by atoms with Crippen LogP contribution in [-0.2, 0) is 25.7 Å². The molecule has 0 radical (unpaired) electrons. The molecule has 0 spiro atoms. The highest BCUT2D eigenvalue weighted by atomic mass is 32.2. The molecular weight excluding hydrogens is 512 g/mol. The van der Waals surface area contributed by atoms with Gasteiger partial charge in [0.1, 0.15) is 12.2 Å². The van der Waals surface area contributed by atoms with Gasteiger partial charge in [0.2, 0.25) is 17.6 Å². The quantitative estimate of drug-likeness (QED) is 0.402. The number of aliphatic carboxylic acids is 1. The number of fused-ring (bicyclic) bond motifs is 1. The van der Waals surface area contributed by atoms with E-state index in [0.717, 1.165) is 4.68 Å². The highest BCUT2D eigenvalue weighted by molar-refractivity contribution is 8.03. The second kappa shape index (κ2) is 10.4. The molecule has 0 saturated carbocycles. The van der Waals surface area contributed by atoms with E-state index >= 15 is 0 Å². The van der Waals surface area contributed by atoms with Gasteiger partial charge in [-0.2, -0.15) is 0 Å². The number of ketones is 1. The number of nitrogens with one attached hydrogen (secondary N) is 1. The third-order valence-corrected chi connectivity index (χ3v) is 8.67. The molecule has 37 heavy (non-hydrogen) atoms. The number of carboxylic acids is 1. The Labute approximate surface area is 215 Å². The van der Waals surface area contributed by atoms with Crippen LogP contribution in [0.4, 0.5) is 8.78 Å². The van der Waals surface area contributed by atoms with E-state index in [1.165, 1.54) is 21.6 Å². The lowest BCUT2D eigenvalue weighted by Gasteiger charge is -2.47. The monoisotopic (exact) mass is 541 g/mol. The van der Waals surface area contributed by atoms with Crippen molar-refractivity contribution < 1.29 is 33.1 Å². The Balaban J connectivity index is 1.43. The zero-order chi connectivity index (χ0) is 27.2. The van der Waals surface area contributed by atoms with Gasteiger partial charge in [0.15, 0.2) is 5.78 Å². The number of tetrazole rings is 1. The SMILES string of the molecule is CC(CC(=O)Cn1nnnc1C(F)F)[C@H]1C(=O)N2C(C(=O)O)=C(S[C@@H]3CN[C@H](C(=O)N(C)C)C3)[C@H](C)[C@H]12. The van der Waals surface area contributed by atoms with Crippen molar-refractivity contribution >= 4 is 35.3 Å². The van der Waals surface area contributed by atoms with E-state index in [1.54, 1.807) is 21.0 Å². The topological polar surface area (TPSA) is 151 Å². The Bertz CT molecular complexity index is 1140. The number of rotatable bonds is 10. The minimum atomic E-state index is -2.93. The molecule has 2 amide bonds. The fourth-order valence-electron chi connectivity index (χ4n) is 5.44. The van der Waals surface area contributed by atoms with E-state index in [-0.39, 0.29) is 41.1 Å². The van der Waals surface area contributed by atoms with Crippen molar-refractivity contribution in [1.82, 2.24) is 35.3 Å². The van der Waals surface area contributed by atoms with Crippen LogP contribution in [0, 0.1) is 17.8 Å². The number of thioether (sulfide) groups is 1. The number of amides is 2. The zero-order valence-electron chi connectivity index (χ0n) is 20.8. The van der Waals surface area contributed by atoms with Crippen LogP contribution < -0.4 is 5.32 Å². The number of likely N-dealkylation sites (N-methyl/N-ethyl adjacent to an activating group) is 1. The average Bonchev–Trinajstić information content (AvgIpc) is 3.52. The summed E-state index contributed by atoms with van der Waals surface area (Å²) in [5.74, 6) is -4.02. The lowest BCUT2D eigenvalue weighted by molar-refractivity contribution is -0.160. The molecule has 4 rings (SSSR count). The first kappa shape index (κ1) is 27.1. The molecule has 12 nitrogen and oxygen atoms in total. The maximum absolute atomic E-state index is 13.1. The van der Waals surface area contributed by atoms with Crippen LogP contribution in [-0.4, -0.2) is 96.7 Å². The van der Waals surface area contributed by atoms with Gasteiger partial charge in [0, 0.05) is 43.1 Å². The fraction of sp³-hybridized carbons (Fsp3) is 0.682. The van der Waals surface area contributed by atoms with Crippen molar-refractivity contribution in [3.8, 4) is 0 Å². The van der Waals surface area contributed by atoms with Crippen LogP contribution in [0.1, 0.15) is 38.9 Å². The first-order chi connectivity index (χ1) is 17.4. The number of halogens is 2. The highest BCUT2D eigenvalue weighted by Gasteiger charge is 2.60. The Morgan fingerprint density at radius 3 is 2.62 bits per heavy atom. The lowest BCUT2D eigenvalue weighted by Crippen LogP contribution is -2.62. The van der Waals surface area contributed by atoms with Gasteiger partial charge >= 0.3 is 5.97 Å². The van der Waals surface area contributed by atoms with Crippen molar-refractivity contribution in [3.63, 3.8) is 0 Å². The first-order valence-corrected chi connectivity index (χ1v) is 12.8. The standard InChI is InChI=1S/C22H29F2N7O5S/c1-9(5-11(32)8-30-19(18(23)24)26-27-28-30)14-15-10(2)17(16(22(35)36)31(15)21(14)34)37-12-6-13(25-7-12)20(33)29(3)4/h9-10,12-15,18,25H,5-8H2,1-4H3,(H,35,36)/t9?,10-,12+,13+,14-,15-/m1/s1. The molecule has 6 atom stereocenters. The summed E-state index contributed by atoms with van der Waals surface area (Å²) in [7, 11) is 3.36. The summed E-state index contributed by atoms with van der Waals surface area (Å²) in [6, 6.07) is -0.761. The predicted octanol–water partition coefficient (Wildman–Crippen LogP) is 0.531. The number of aromatic nitrogens is 4. The van der Waals surface area contributed by atoms with Gasteiger partial charge in [-0.15, -0.1) is 16.9 Å². The zero-order valence-corrected chi connectivity index (χ0v) is 21.6. The second-order valence-corrected chi connectivity index (χ2v) is 11.3. The van der Waals surface area contributed by atoms with Gasteiger partial charge in [0.05, 0.1) is 18.0 Å². The molecule has 15 heteroatoms. The van der Waals surface area contributed by atoms with Crippen molar-refractivity contribution in [2.45, 2.75) is 57.0 Å². The molecule has 0 aliphatic carbocycles. The number of carbonyl (C=O) groups is 4. The fourth-order valence-corrected chi connectivity index (χ4v) is 6.92. The van der Waals surface area contributed by atoms with Crippen LogP contribution in [0.25, 0.3) is 0 Å². The summed E-state index contributed by atoms with van der Waals surface area (Å²) in [6.45, 7) is 3.68. The lowest BCUT2D eigenvalue weighted by atomic mass is 9.73. The smallest absolute Gasteiger partial charge is 0.353 e. The number of hydrogen-bond donors (Lipinski definition) is 2. The van der Waals surface area contributed by atoms with Crippen molar-refractivity contribution in [3.05, 3.63) is 16.4 Å². The van der Waals surface area contributed by atoms with Crippen molar-refractivity contribution in [2.75, 3.05) is 20.6 Å². The number of carboxylic acid groups (broad SMARTS) is 1. The Kier molecular flexibility index (Phi) is 7.65. The second-order valence-electron chi connectivity index (χ2n) is 9.92. The first-order valence-electron chi connectivity index (χ1n) is 11.9. The Hall–Kier alpha value is -2.94. The van der Waals surface area contributed by atoms with E-state index in [9.17, 15) is 33.1 Å². The molecule has 1 aromatic rings. The molecule has 1 aromatic heterocycles. The molecule has 3 aliphatic heterocycles. The van der Waals surface area contributed by atoms with Gasteiger partial charge in [0.25, 0.3) is 6.43 Å². The third-order valence-electron chi connectivity index (χ3n) is 7.16. The third kappa shape index (κ3) is 4.98. The number of nitrogens with zero attached hydrogens (tertiary/aromatic N) is 6. The summed E-state index contributed by atoms with van der Waals surface area (Å²) in [4.78, 5) is 53.6. The van der Waals surface area contributed by atoms with Crippen molar-refractivity contribution in [1.29, 1.82) is 0 Å². The Morgan fingerprint density at radius 1 is 1.30 bits per heavy atom. The number of hydrogen-bond acceptors (Lipinski definition) is 9. The Morgan fingerprint density at radius 2 is 2.00 bits per heavy atom. The van der Waals surface area contributed by atoms with Crippen molar-refractivity contribution in [2.24, 2.45) is 17.8 Å². The summed E-state index contributed by atoms with van der Waals surface area (Å²) in [5.41, 5.74) is -0.0417. The predicted molar refractivity (Wildman–Crippen MR) is 126 cm³/mol. The summed E-state index contributed by atoms with van der Waals surface area (Å²) in [6.07, 6.45) is -2.46. The van der Waals surface area contributed by atoms with Gasteiger partial charge in [-0.25, -0.2) is 18.3 Å². The average molecular weight is 542 g/mol. The van der Waals surface area contributed by atoms with Gasteiger partial charge in [-0.1, -0.05) is 13.8 Å². The molecule has 1 unspecified atom stereocenters. The molecule has 2 fully saturated rings. The summed E-state index contributed by atoms with van der Waals surface area (Å²) >= 11 is 1.38. The van der Waals surface area contributed by atoms with Crippen LogP contribution in [0.2, 0.25) is 0 Å². The van der Waals surface area contributed by atoms with E-state index in [0.29, 0.717) is 17.9 Å². The maximum Gasteiger partial charge on any atom is 0.353 e. The van der Waals surface area contributed by atoms with Crippen LogP contribution in [0.5, 0.6) is 0 Å². The highest BCUT2D eigenvalue weighted by Crippen LogP contribution is 2.53. The maximum atomic E-state index is 13.1. The molecule has 202 valence electrons. The number of β-lactam (4-membered cyclic amide) rings is 1. The number of Topliss-reactive ketones (excluding diaryl/α,β-unsaturated/α-hetero) is 1. The summed E-state index contributed by atoms with van der Waals surface area (Å²) in [5, 5.41) is 22.9. The van der Waals surface area contributed by atoms with Crippen LogP contribution in [0.15, 0.2) is 10.6 Å². The molecular formula is C22H29F2N7O5S. The van der Waals surface area contributed by atoms with E-state index < -0.39 is 48.4 Å². The normalized spacial score (nSPS) is 27.9.